The summed E-state index contributed by atoms with van der Waals surface area (Å²) in [6.07, 6.45) is 0.430. The van der Waals surface area contributed by atoms with Crippen LogP contribution >= 0.6 is 27.5 Å². The van der Waals surface area contributed by atoms with Crippen molar-refractivity contribution in [1.29, 1.82) is 0 Å². The third-order valence-corrected chi connectivity index (χ3v) is 3.95. The average Bonchev–Trinajstić information content (AvgIpc) is 2.77. The molecule has 0 aliphatic carbocycles. The van der Waals surface area contributed by atoms with E-state index in [1.54, 1.807) is 0 Å². The van der Waals surface area contributed by atoms with Crippen molar-refractivity contribution < 1.29 is 18.9 Å². The van der Waals surface area contributed by atoms with Crippen LogP contribution < -0.4 is 9.47 Å². The van der Waals surface area contributed by atoms with Gasteiger partial charge >= 0.3 is 0 Å². The molecule has 0 N–H and O–H groups in total. The molecule has 1 saturated heterocycles. The first-order valence-corrected chi connectivity index (χ1v) is 7.53. The molecule has 104 valence electrons. The lowest BCUT2D eigenvalue weighted by Crippen LogP contribution is -2.10. The highest BCUT2D eigenvalue weighted by Gasteiger charge is 2.28. The molecule has 2 unspecified atom stereocenters. The SMILES string of the molecule is ClCC1COC(c2cc(Br)c3c(c2)OCCCO3)O1. The second-order valence-electron chi connectivity index (χ2n) is 4.46. The van der Waals surface area contributed by atoms with Crippen LogP contribution in [-0.4, -0.2) is 31.8 Å². The number of hydrogen-bond acceptors (Lipinski definition) is 4. The zero-order valence-electron chi connectivity index (χ0n) is 10.2. The number of rotatable bonds is 2. The van der Waals surface area contributed by atoms with Crippen LogP contribution in [0.25, 0.3) is 0 Å². The van der Waals surface area contributed by atoms with Crippen LogP contribution in [0, 0.1) is 0 Å². The highest BCUT2D eigenvalue weighted by molar-refractivity contribution is 9.10. The van der Waals surface area contributed by atoms with Gasteiger partial charge in [0.15, 0.2) is 17.8 Å². The van der Waals surface area contributed by atoms with E-state index in [-0.39, 0.29) is 6.10 Å². The summed E-state index contributed by atoms with van der Waals surface area (Å²) in [6.45, 7) is 1.83. The molecule has 1 aromatic rings. The molecule has 1 aromatic carbocycles. The molecular formula is C13H14BrClO4. The molecule has 19 heavy (non-hydrogen) atoms. The van der Waals surface area contributed by atoms with Crippen LogP contribution in [-0.2, 0) is 9.47 Å². The summed E-state index contributed by atoms with van der Waals surface area (Å²) in [7, 11) is 0. The van der Waals surface area contributed by atoms with E-state index in [1.165, 1.54) is 0 Å². The lowest BCUT2D eigenvalue weighted by atomic mass is 10.2. The van der Waals surface area contributed by atoms with Crippen molar-refractivity contribution in [1.82, 2.24) is 0 Å². The lowest BCUT2D eigenvalue weighted by Gasteiger charge is -2.15. The fourth-order valence-corrected chi connectivity index (χ4v) is 2.83. The first-order chi connectivity index (χ1) is 9.28. The monoisotopic (exact) mass is 348 g/mol. The van der Waals surface area contributed by atoms with Gasteiger partial charge in [-0.15, -0.1) is 11.6 Å². The van der Waals surface area contributed by atoms with E-state index in [0.29, 0.717) is 25.7 Å². The van der Waals surface area contributed by atoms with E-state index < -0.39 is 6.29 Å². The Bertz CT molecular complexity index is 468. The Morgan fingerprint density at radius 1 is 1.26 bits per heavy atom. The van der Waals surface area contributed by atoms with Crippen LogP contribution in [0.2, 0.25) is 0 Å². The van der Waals surface area contributed by atoms with Gasteiger partial charge in [-0.3, -0.25) is 0 Å². The van der Waals surface area contributed by atoms with E-state index in [0.717, 1.165) is 28.0 Å². The van der Waals surface area contributed by atoms with Crippen LogP contribution in [0.1, 0.15) is 18.3 Å². The third-order valence-electron chi connectivity index (χ3n) is 3.02. The summed E-state index contributed by atoms with van der Waals surface area (Å²) in [5.74, 6) is 1.90. The largest absolute Gasteiger partial charge is 0.490 e. The molecule has 2 atom stereocenters. The minimum atomic E-state index is -0.391. The van der Waals surface area contributed by atoms with Crippen molar-refractivity contribution in [3.8, 4) is 11.5 Å². The van der Waals surface area contributed by atoms with Crippen molar-refractivity contribution in [2.24, 2.45) is 0 Å². The minimum absolute atomic E-state index is 0.0542. The average molecular weight is 350 g/mol. The molecule has 2 aliphatic heterocycles. The molecule has 1 fully saturated rings. The fraction of sp³-hybridized carbons (Fsp3) is 0.538. The van der Waals surface area contributed by atoms with Gasteiger partial charge in [-0.2, -0.15) is 0 Å². The molecule has 2 aliphatic rings. The van der Waals surface area contributed by atoms with Gasteiger partial charge in [-0.05, 0) is 28.1 Å². The summed E-state index contributed by atoms with van der Waals surface area (Å²) < 4.78 is 23.5. The maximum Gasteiger partial charge on any atom is 0.184 e. The summed E-state index contributed by atoms with van der Waals surface area (Å²) in [5, 5.41) is 0. The molecule has 6 heteroatoms. The molecule has 3 rings (SSSR count). The van der Waals surface area contributed by atoms with Crippen molar-refractivity contribution in [2.45, 2.75) is 18.8 Å². The molecule has 4 nitrogen and oxygen atoms in total. The van der Waals surface area contributed by atoms with Gasteiger partial charge in [-0.1, -0.05) is 0 Å². The van der Waals surface area contributed by atoms with Crippen LogP contribution in [0.5, 0.6) is 11.5 Å². The van der Waals surface area contributed by atoms with Crippen LogP contribution in [0.3, 0.4) is 0 Å². The number of alkyl halides is 1. The summed E-state index contributed by atoms with van der Waals surface area (Å²) in [4.78, 5) is 0. The standard InChI is InChI=1S/C13H14BrClO4/c14-10-4-8(13-18-7-9(6-15)19-13)5-11-12(10)17-3-1-2-16-11/h4-5,9,13H,1-3,6-7H2. The normalized spacial score (nSPS) is 26.2. The number of fused-ring (bicyclic) bond motifs is 1. The van der Waals surface area contributed by atoms with Gasteiger partial charge < -0.3 is 18.9 Å². The highest BCUT2D eigenvalue weighted by atomic mass is 79.9. The molecule has 2 heterocycles. The van der Waals surface area contributed by atoms with Crippen molar-refractivity contribution in [3.63, 3.8) is 0 Å². The molecule has 0 saturated carbocycles. The smallest absolute Gasteiger partial charge is 0.184 e. The Labute approximate surface area is 125 Å². The number of hydrogen-bond donors (Lipinski definition) is 0. The highest BCUT2D eigenvalue weighted by Crippen LogP contribution is 2.41. The van der Waals surface area contributed by atoms with Crippen molar-refractivity contribution in [2.75, 3.05) is 25.7 Å². The fourth-order valence-electron chi connectivity index (χ4n) is 2.09. The van der Waals surface area contributed by atoms with Gasteiger partial charge in [0.2, 0.25) is 0 Å². The maximum atomic E-state index is 5.77. The summed E-state index contributed by atoms with van der Waals surface area (Å²) in [6, 6.07) is 3.85. The number of benzene rings is 1. The molecule has 0 bridgehead atoms. The van der Waals surface area contributed by atoms with Crippen molar-refractivity contribution >= 4 is 27.5 Å². The predicted molar refractivity (Wildman–Crippen MR) is 74.0 cm³/mol. The first-order valence-electron chi connectivity index (χ1n) is 6.20. The number of ether oxygens (including phenoxy) is 4. The molecule has 0 amide bonds. The molecular weight excluding hydrogens is 335 g/mol. The quantitative estimate of drug-likeness (QED) is 0.768. The van der Waals surface area contributed by atoms with Crippen LogP contribution in [0.4, 0.5) is 0 Å². The van der Waals surface area contributed by atoms with Crippen LogP contribution in [0.15, 0.2) is 16.6 Å². The second kappa shape index (κ2) is 5.87. The zero-order chi connectivity index (χ0) is 13.2. The van der Waals surface area contributed by atoms with Gasteiger partial charge in [0, 0.05) is 12.0 Å². The summed E-state index contributed by atoms with van der Waals surface area (Å²) in [5.41, 5.74) is 0.906. The van der Waals surface area contributed by atoms with Gasteiger partial charge in [-0.25, -0.2) is 0 Å². The van der Waals surface area contributed by atoms with E-state index in [2.05, 4.69) is 15.9 Å². The van der Waals surface area contributed by atoms with E-state index in [4.69, 9.17) is 30.5 Å². The van der Waals surface area contributed by atoms with Crippen molar-refractivity contribution in [3.05, 3.63) is 22.2 Å². The Morgan fingerprint density at radius 3 is 2.89 bits per heavy atom. The molecule has 0 radical (unpaired) electrons. The van der Waals surface area contributed by atoms with E-state index in [9.17, 15) is 0 Å². The Balaban J connectivity index is 1.87. The Kier molecular flexibility index (Phi) is 4.17. The molecule has 0 spiro atoms. The lowest BCUT2D eigenvalue weighted by molar-refractivity contribution is -0.0568. The number of halogens is 2. The Hall–Kier alpha value is -0.490. The predicted octanol–water partition coefficient (Wildman–Crippen LogP) is 3.26. The maximum absolute atomic E-state index is 5.77. The van der Waals surface area contributed by atoms with Gasteiger partial charge in [0.1, 0.15) is 0 Å². The Morgan fingerprint density at radius 2 is 2.11 bits per heavy atom. The first kappa shape index (κ1) is 13.5. The van der Waals surface area contributed by atoms with E-state index in [1.807, 2.05) is 12.1 Å². The summed E-state index contributed by atoms with van der Waals surface area (Å²) >= 11 is 9.27. The van der Waals surface area contributed by atoms with Gasteiger partial charge in [0.25, 0.3) is 0 Å². The minimum Gasteiger partial charge on any atom is -0.490 e. The third kappa shape index (κ3) is 2.84. The van der Waals surface area contributed by atoms with E-state index >= 15 is 0 Å². The topological polar surface area (TPSA) is 36.9 Å². The second-order valence-corrected chi connectivity index (χ2v) is 5.62. The zero-order valence-corrected chi connectivity index (χ0v) is 12.6. The molecule has 0 aromatic heterocycles. The van der Waals surface area contributed by atoms with Gasteiger partial charge in [0.05, 0.1) is 36.3 Å².